The fraction of sp³-hybridized carbons (Fsp3) is 0.143. The van der Waals surface area contributed by atoms with E-state index in [1.54, 1.807) is 25.1 Å². The molecule has 0 radical (unpaired) electrons. The molecule has 0 spiro atoms. The third-order valence-electron chi connectivity index (χ3n) is 4.05. The quantitative estimate of drug-likeness (QED) is 0.469. The van der Waals surface area contributed by atoms with Gasteiger partial charge in [0.15, 0.2) is 0 Å². The summed E-state index contributed by atoms with van der Waals surface area (Å²) in [5.41, 5.74) is 3.14. The first-order chi connectivity index (χ1) is 13.4. The zero-order valence-corrected chi connectivity index (χ0v) is 17.5. The molecule has 0 aliphatic carbocycles. The number of carbonyl (C=O) groups is 2. The summed E-state index contributed by atoms with van der Waals surface area (Å²) < 4.78 is 5.21. The molecule has 144 valence electrons. The van der Waals surface area contributed by atoms with Crippen LogP contribution < -0.4 is 5.32 Å². The van der Waals surface area contributed by atoms with Crippen LogP contribution >= 0.6 is 34.5 Å². The molecule has 2 aromatic carbocycles. The summed E-state index contributed by atoms with van der Waals surface area (Å²) in [5.74, 6) is -0.988. The van der Waals surface area contributed by atoms with Crippen molar-refractivity contribution in [2.45, 2.75) is 13.8 Å². The summed E-state index contributed by atoms with van der Waals surface area (Å²) in [4.78, 5) is 25.4. The first-order valence-electron chi connectivity index (χ1n) is 8.53. The highest BCUT2D eigenvalue weighted by molar-refractivity contribution is 7.15. The molecule has 0 saturated heterocycles. The smallest absolute Gasteiger partial charge is 0.341 e. The first kappa shape index (κ1) is 20.4. The van der Waals surface area contributed by atoms with E-state index in [2.05, 4.69) is 5.32 Å². The SMILES string of the molecule is CCOC(=O)c1c(-c2ccc(C)cc2)csc1NC(=O)c1c(Cl)cccc1Cl. The van der Waals surface area contributed by atoms with Gasteiger partial charge in [-0.25, -0.2) is 4.79 Å². The lowest BCUT2D eigenvalue weighted by atomic mass is 10.0. The summed E-state index contributed by atoms with van der Waals surface area (Å²) in [5, 5.41) is 5.43. The van der Waals surface area contributed by atoms with Gasteiger partial charge in [-0.05, 0) is 31.5 Å². The number of anilines is 1. The number of esters is 1. The standard InChI is InChI=1S/C21H17Cl2NO3S/c1-3-27-21(26)17-14(13-9-7-12(2)8-10-13)11-28-20(17)24-19(25)18-15(22)5-4-6-16(18)23/h4-11H,3H2,1-2H3,(H,24,25). The fourth-order valence-electron chi connectivity index (χ4n) is 2.68. The van der Waals surface area contributed by atoms with Crippen molar-refractivity contribution in [3.05, 3.63) is 74.6 Å². The molecule has 0 aliphatic heterocycles. The highest BCUT2D eigenvalue weighted by atomic mass is 35.5. The summed E-state index contributed by atoms with van der Waals surface area (Å²) in [6, 6.07) is 12.6. The molecule has 1 aromatic heterocycles. The first-order valence-corrected chi connectivity index (χ1v) is 10.2. The summed E-state index contributed by atoms with van der Waals surface area (Å²) >= 11 is 13.5. The van der Waals surface area contributed by atoms with Gasteiger partial charge in [-0.3, -0.25) is 4.79 Å². The molecule has 7 heteroatoms. The van der Waals surface area contributed by atoms with Gasteiger partial charge < -0.3 is 10.1 Å². The molecule has 28 heavy (non-hydrogen) atoms. The zero-order chi connectivity index (χ0) is 20.3. The Kier molecular flexibility index (Phi) is 6.39. The number of ether oxygens (including phenoxy) is 1. The van der Waals surface area contributed by atoms with E-state index in [4.69, 9.17) is 27.9 Å². The zero-order valence-electron chi connectivity index (χ0n) is 15.2. The Balaban J connectivity index is 2.02. The predicted octanol–water partition coefficient (Wildman–Crippen LogP) is 6.46. The van der Waals surface area contributed by atoms with Gasteiger partial charge in [0, 0.05) is 10.9 Å². The van der Waals surface area contributed by atoms with Gasteiger partial charge in [-0.1, -0.05) is 59.1 Å². The molecule has 0 bridgehead atoms. The summed E-state index contributed by atoms with van der Waals surface area (Å²) in [7, 11) is 0. The van der Waals surface area contributed by atoms with Crippen LogP contribution in [0.2, 0.25) is 10.0 Å². The van der Waals surface area contributed by atoms with Crippen molar-refractivity contribution >= 4 is 51.4 Å². The molecule has 1 N–H and O–H groups in total. The maximum Gasteiger partial charge on any atom is 0.341 e. The van der Waals surface area contributed by atoms with Crippen molar-refractivity contribution in [3.8, 4) is 11.1 Å². The summed E-state index contributed by atoms with van der Waals surface area (Å²) in [6.07, 6.45) is 0. The van der Waals surface area contributed by atoms with Crippen molar-refractivity contribution in [1.29, 1.82) is 0 Å². The molecular weight excluding hydrogens is 417 g/mol. The second-order valence-corrected chi connectivity index (χ2v) is 7.68. The van der Waals surface area contributed by atoms with E-state index in [0.717, 1.165) is 11.1 Å². The lowest BCUT2D eigenvalue weighted by molar-refractivity contribution is 0.0529. The van der Waals surface area contributed by atoms with Gasteiger partial charge >= 0.3 is 5.97 Å². The molecule has 0 aliphatic rings. The van der Waals surface area contributed by atoms with Crippen molar-refractivity contribution in [1.82, 2.24) is 0 Å². The van der Waals surface area contributed by atoms with Gasteiger partial charge in [0.05, 0.1) is 22.2 Å². The lowest BCUT2D eigenvalue weighted by Gasteiger charge is -2.10. The van der Waals surface area contributed by atoms with Crippen LogP contribution in [0.25, 0.3) is 11.1 Å². The second-order valence-electron chi connectivity index (χ2n) is 5.99. The van der Waals surface area contributed by atoms with Crippen LogP contribution in [0.4, 0.5) is 5.00 Å². The average Bonchev–Trinajstić information content (AvgIpc) is 3.06. The van der Waals surface area contributed by atoms with Crippen molar-refractivity contribution in [2.75, 3.05) is 11.9 Å². The van der Waals surface area contributed by atoms with E-state index >= 15 is 0 Å². The molecule has 3 rings (SSSR count). The molecular formula is C21H17Cl2NO3S. The molecule has 1 heterocycles. The van der Waals surface area contributed by atoms with Gasteiger partial charge in [-0.2, -0.15) is 0 Å². The van der Waals surface area contributed by atoms with E-state index in [1.807, 2.05) is 36.6 Å². The number of nitrogens with one attached hydrogen (secondary N) is 1. The monoisotopic (exact) mass is 433 g/mol. The minimum Gasteiger partial charge on any atom is -0.462 e. The Morgan fingerprint density at radius 3 is 2.29 bits per heavy atom. The highest BCUT2D eigenvalue weighted by Gasteiger charge is 2.24. The van der Waals surface area contributed by atoms with Crippen molar-refractivity contribution < 1.29 is 14.3 Å². The molecule has 1 amide bonds. The number of amides is 1. The number of hydrogen-bond donors (Lipinski definition) is 1. The third-order valence-corrected chi connectivity index (χ3v) is 5.58. The van der Waals surface area contributed by atoms with Crippen LogP contribution in [-0.2, 0) is 4.74 Å². The van der Waals surface area contributed by atoms with Crippen molar-refractivity contribution in [2.24, 2.45) is 0 Å². The number of carbonyl (C=O) groups excluding carboxylic acids is 2. The van der Waals surface area contributed by atoms with Gasteiger partial charge in [-0.15, -0.1) is 11.3 Å². The average molecular weight is 434 g/mol. The number of aryl methyl sites for hydroxylation is 1. The van der Waals surface area contributed by atoms with Crippen LogP contribution in [0.3, 0.4) is 0 Å². The molecule has 0 saturated carbocycles. The van der Waals surface area contributed by atoms with E-state index in [1.165, 1.54) is 11.3 Å². The summed E-state index contributed by atoms with van der Waals surface area (Å²) in [6.45, 7) is 3.95. The third kappa shape index (κ3) is 4.22. The van der Waals surface area contributed by atoms with E-state index in [-0.39, 0.29) is 22.2 Å². The topological polar surface area (TPSA) is 55.4 Å². The lowest BCUT2D eigenvalue weighted by Crippen LogP contribution is -2.15. The maximum atomic E-state index is 12.8. The Hall–Kier alpha value is -2.34. The molecule has 0 atom stereocenters. The molecule has 0 fully saturated rings. The van der Waals surface area contributed by atoms with Crippen LogP contribution in [0.1, 0.15) is 33.2 Å². The maximum absolute atomic E-state index is 12.8. The molecule has 0 unspecified atom stereocenters. The largest absolute Gasteiger partial charge is 0.462 e. The van der Waals surface area contributed by atoms with Crippen LogP contribution in [0.15, 0.2) is 47.8 Å². The number of hydrogen-bond acceptors (Lipinski definition) is 4. The Labute approximate surface area is 177 Å². The number of thiophene rings is 1. The Morgan fingerprint density at radius 2 is 1.68 bits per heavy atom. The highest BCUT2D eigenvalue weighted by Crippen LogP contribution is 2.37. The van der Waals surface area contributed by atoms with Crippen LogP contribution in [0.5, 0.6) is 0 Å². The fourth-order valence-corrected chi connectivity index (χ4v) is 4.20. The van der Waals surface area contributed by atoms with E-state index in [9.17, 15) is 9.59 Å². The van der Waals surface area contributed by atoms with Gasteiger partial charge in [0.2, 0.25) is 0 Å². The van der Waals surface area contributed by atoms with E-state index < -0.39 is 11.9 Å². The minimum atomic E-state index is -0.500. The number of halogens is 2. The van der Waals surface area contributed by atoms with Crippen LogP contribution in [-0.4, -0.2) is 18.5 Å². The Morgan fingerprint density at radius 1 is 1.04 bits per heavy atom. The second kappa shape index (κ2) is 8.78. The Bertz CT molecular complexity index is 1010. The predicted molar refractivity (Wildman–Crippen MR) is 115 cm³/mol. The van der Waals surface area contributed by atoms with Crippen molar-refractivity contribution in [3.63, 3.8) is 0 Å². The minimum absolute atomic E-state index is 0.158. The van der Waals surface area contributed by atoms with Crippen LogP contribution in [0, 0.1) is 6.92 Å². The number of rotatable bonds is 5. The van der Waals surface area contributed by atoms with E-state index in [0.29, 0.717) is 16.1 Å². The molecule has 4 nitrogen and oxygen atoms in total. The number of benzene rings is 2. The van der Waals surface area contributed by atoms with Gasteiger partial charge in [0.25, 0.3) is 5.91 Å². The molecule has 3 aromatic rings. The van der Waals surface area contributed by atoms with Gasteiger partial charge in [0.1, 0.15) is 10.6 Å². The normalized spacial score (nSPS) is 10.6.